The van der Waals surface area contributed by atoms with E-state index in [-0.39, 0.29) is 63.8 Å². The van der Waals surface area contributed by atoms with E-state index in [4.69, 9.17) is 10.5 Å². The van der Waals surface area contributed by atoms with E-state index in [0.29, 0.717) is 32.1 Å². The predicted molar refractivity (Wildman–Crippen MR) is 165 cm³/mol. The molecule has 0 aromatic heterocycles. The molecule has 1 amide bonds. The quantitative estimate of drug-likeness (QED) is 0.240. The van der Waals surface area contributed by atoms with Crippen LogP contribution >= 0.6 is 11.8 Å². The summed E-state index contributed by atoms with van der Waals surface area (Å²) in [6, 6.07) is -0.691. The number of nitrogens with two attached hydrogens (primary N) is 1. The molecular weight excluding hydrogens is 552 g/mol. The standard InChI is InChI=1S/C33H54N2O6S/c1-8-31(6)16-25(32(7)19(4)11-13-33(20(5)29(31)39)14-12-23(37)28(32)33)41-26(38)17-42-24-15-21(9-10-22(24)36)35-30(40)27(34)18(2)3/h8,18-22,24-25,27-29,36,39H,1,9-17,34H2,2-7H3,(H,35,40)/t19?,20-,21+,22-,24+,25+,27+,28-,29-,31+,32-,33?/m0/s1. The number of nitrogens with one attached hydrogen (secondary N) is 1. The fourth-order valence-corrected chi connectivity index (χ4v) is 10.0. The third kappa shape index (κ3) is 5.84. The number of carbonyl (C=O) groups is 3. The molecule has 0 spiro atoms. The summed E-state index contributed by atoms with van der Waals surface area (Å²) < 4.78 is 6.36. The Balaban J connectivity index is 1.51. The van der Waals surface area contributed by atoms with E-state index in [2.05, 4.69) is 32.7 Å². The van der Waals surface area contributed by atoms with Crippen molar-refractivity contribution in [1.82, 2.24) is 5.32 Å². The first-order valence-corrected chi connectivity index (χ1v) is 17.0. The number of amides is 1. The molecule has 0 heterocycles. The molecule has 2 bridgehead atoms. The minimum absolute atomic E-state index is 0.0260. The molecule has 4 aliphatic rings. The smallest absolute Gasteiger partial charge is 0.316 e. The summed E-state index contributed by atoms with van der Waals surface area (Å²) in [5.41, 5.74) is 4.47. The van der Waals surface area contributed by atoms with Crippen LogP contribution in [-0.2, 0) is 19.1 Å². The second kappa shape index (κ2) is 12.5. The molecule has 0 aromatic carbocycles. The minimum atomic E-state index is -0.703. The Hall–Kier alpha value is -1.42. The van der Waals surface area contributed by atoms with Crippen molar-refractivity contribution in [2.75, 3.05) is 5.75 Å². The van der Waals surface area contributed by atoms with E-state index in [1.165, 1.54) is 11.8 Å². The molecule has 4 rings (SSSR count). The Morgan fingerprint density at radius 2 is 1.88 bits per heavy atom. The Morgan fingerprint density at radius 3 is 2.52 bits per heavy atom. The number of carbonyl (C=O) groups excluding carboxylic acids is 3. The van der Waals surface area contributed by atoms with Crippen LogP contribution in [0.4, 0.5) is 0 Å². The van der Waals surface area contributed by atoms with Gasteiger partial charge in [0.1, 0.15) is 11.9 Å². The molecule has 0 saturated heterocycles. The third-order valence-corrected chi connectivity index (χ3v) is 13.5. The lowest BCUT2D eigenvalue weighted by atomic mass is 9.44. The Kier molecular flexibility index (Phi) is 9.98. The number of esters is 1. The van der Waals surface area contributed by atoms with E-state index >= 15 is 0 Å². The zero-order valence-electron chi connectivity index (χ0n) is 26.4. The fourth-order valence-electron chi connectivity index (χ4n) is 8.89. The largest absolute Gasteiger partial charge is 0.461 e. The van der Waals surface area contributed by atoms with Crippen molar-refractivity contribution in [2.24, 2.45) is 45.7 Å². The number of thioether (sulfide) groups is 1. The first kappa shape index (κ1) is 33.5. The van der Waals surface area contributed by atoms with Gasteiger partial charge < -0.3 is 26.0 Å². The highest BCUT2D eigenvalue weighted by Gasteiger charge is 2.68. The van der Waals surface area contributed by atoms with Crippen LogP contribution in [0.2, 0.25) is 0 Å². The highest BCUT2D eigenvalue weighted by molar-refractivity contribution is 8.00. The van der Waals surface area contributed by atoms with Gasteiger partial charge in [0.15, 0.2) is 0 Å². The summed E-state index contributed by atoms with van der Waals surface area (Å²) in [4.78, 5) is 39.6. The summed E-state index contributed by atoms with van der Waals surface area (Å²) >= 11 is 1.36. The van der Waals surface area contributed by atoms with E-state index in [0.717, 1.165) is 19.3 Å². The van der Waals surface area contributed by atoms with Gasteiger partial charge in [0.25, 0.3) is 0 Å². The zero-order chi connectivity index (χ0) is 31.2. The molecule has 2 unspecified atom stereocenters. The van der Waals surface area contributed by atoms with Gasteiger partial charge in [-0.05, 0) is 68.1 Å². The minimum Gasteiger partial charge on any atom is -0.461 e. The lowest BCUT2D eigenvalue weighted by molar-refractivity contribution is -0.205. The number of Topliss-reactive ketones (excluding diaryl/α,β-unsaturated/α-hetero) is 1. The van der Waals surface area contributed by atoms with Crippen molar-refractivity contribution in [3.8, 4) is 0 Å². The summed E-state index contributed by atoms with van der Waals surface area (Å²) in [5.74, 6) is -0.423. The monoisotopic (exact) mass is 606 g/mol. The predicted octanol–water partition coefficient (Wildman–Crippen LogP) is 4.01. The maximum Gasteiger partial charge on any atom is 0.316 e. The lowest BCUT2D eigenvalue weighted by Crippen LogP contribution is -2.63. The van der Waals surface area contributed by atoms with Crippen molar-refractivity contribution >= 4 is 29.4 Å². The molecule has 4 saturated carbocycles. The summed E-state index contributed by atoms with van der Waals surface area (Å²) in [7, 11) is 0. The number of aliphatic hydroxyl groups is 2. The van der Waals surface area contributed by atoms with Gasteiger partial charge in [0, 0.05) is 34.5 Å². The third-order valence-electron chi connectivity index (χ3n) is 12.1. The number of ketones is 1. The number of ether oxygens (including phenoxy) is 1. The van der Waals surface area contributed by atoms with Crippen LogP contribution in [0.1, 0.15) is 92.9 Å². The molecule has 5 N–H and O–H groups in total. The van der Waals surface area contributed by atoms with E-state index < -0.39 is 35.2 Å². The first-order chi connectivity index (χ1) is 19.6. The highest BCUT2D eigenvalue weighted by Crippen LogP contribution is 2.68. The maximum absolute atomic E-state index is 13.6. The van der Waals surface area contributed by atoms with Gasteiger partial charge >= 0.3 is 5.97 Å². The maximum atomic E-state index is 13.6. The van der Waals surface area contributed by atoms with Crippen molar-refractivity contribution in [2.45, 2.75) is 129 Å². The molecule has 0 aromatic rings. The lowest BCUT2D eigenvalue weighted by Gasteiger charge is -2.61. The van der Waals surface area contributed by atoms with Gasteiger partial charge in [-0.1, -0.05) is 47.6 Å². The molecule has 8 nitrogen and oxygen atoms in total. The molecule has 9 heteroatoms. The van der Waals surface area contributed by atoms with E-state index in [1.807, 2.05) is 20.8 Å². The molecule has 4 fully saturated rings. The Bertz CT molecular complexity index is 1050. The van der Waals surface area contributed by atoms with Gasteiger partial charge in [0.2, 0.25) is 5.91 Å². The molecule has 0 radical (unpaired) electrons. The number of hydrogen-bond acceptors (Lipinski definition) is 8. The normalized spacial score (nSPS) is 44.5. The van der Waals surface area contributed by atoms with Crippen LogP contribution in [0.3, 0.4) is 0 Å². The Morgan fingerprint density at radius 1 is 1.19 bits per heavy atom. The van der Waals surface area contributed by atoms with Crippen LogP contribution in [0.25, 0.3) is 0 Å². The molecule has 12 atom stereocenters. The zero-order valence-corrected chi connectivity index (χ0v) is 27.3. The van der Waals surface area contributed by atoms with Gasteiger partial charge in [-0.2, -0.15) is 0 Å². The Labute approximate surface area is 256 Å². The van der Waals surface area contributed by atoms with Crippen LogP contribution in [0.15, 0.2) is 12.7 Å². The second-order valence-corrected chi connectivity index (χ2v) is 16.0. The van der Waals surface area contributed by atoms with Gasteiger partial charge in [-0.3, -0.25) is 14.4 Å². The SMILES string of the molecule is C=C[C@]1(C)C[C@@H](OC(=O)CS[C@@H]2C[C@H](NC(=O)[C@H](N)C(C)C)CC[C@@H]2O)[C@]2(C)C(C)CCC3(CCC(=O)[C@H]32)[C@@H](C)[C@@H]1O. The van der Waals surface area contributed by atoms with Crippen LogP contribution in [0, 0.1) is 39.9 Å². The van der Waals surface area contributed by atoms with Crippen LogP contribution < -0.4 is 11.1 Å². The summed E-state index contributed by atoms with van der Waals surface area (Å²) in [5, 5.41) is 25.2. The number of rotatable bonds is 8. The molecular formula is C33H54N2O6S. The molecule has 238 valence electrons. The first-order valence-electron chi connectivity index (χ1n) is 16.0. The van der Waals surface area contributed by atoms with Crippen LogP contribution in [0.5, 0.6) is 0 Å². The average molecular weight is 607 g/mol. The average Bonchev–Trinajstić information content (AvgIpc) is 3.31. The summed E-state index contributed by atoms with van der Waals surface area (Å²) in [6.07, 6.45) is 5.19. The van der Waals surface area contributed by atoms with Crippen molar-refractivity contribution in [3.05, 3.63) is 12.7 Å². The second-order valence-electron chi connectivity index (χ2n) is 14.8. The molecule has 42 heavy (non-hydrogen) atoms. The fraction of sp³-hybridized carbons (Fsp3) is 0.848. The van der Waals surface area contributed by atoms with Crippen molar-refractivity contribution < 1.29 is 29.3 Å². The van der Waals surface area contributed by atoms with Crippen molar-refractivity contribution in [1.29, 1.82) is 0 Å². The van der Waals surface area contributed by atoms with Gasteiger partial charge in [-0.15, -0.1) is 18.3 Å². The van der Waals surface area contributed by atoms with Gasteiger partial charge in [-0.25, -0.2) is 0 Å². The van der Waals surface area contributed by atoms with Crippen LogP contribution in [-0.4, -0.2) is 69.3 Å². The summed E-state index contributed by atoms with van der Waals surface area (Å²) in [6.45, 7) is 16.3. The van der Waals surface area contributed by atoms with E-state index in [1.54, 1.807) is 6.08 Å². The topological polar surface area (TPSA) is 139 Å². The number of aliphatic hydroxyl groups excluding tert-OH is 2. The van der Waals surface area contributed by atoms with Crippen molar-refractivity contribution in [3.63, 3.8) is 0 Å². The number of hydrogen-bond donors (Lipinski definition) is 4. The van der Waals surface area contributed by atoms with Gasteiger partial charge in [0.05, 0.1) is 24.0 Å². The molecule has 0 aliphatic heterocycles. The van der Waals surface area contributed by atoms with E-state index in [9.17, 15) is 24.6 Å². The molecule has 4 aliphatic carbocycles. The highest BCUT2D eigenvalue weighted by atomic mass is 32.2.